The first-order chi connectivity index (χ1) is 13.8. The summed E-state index contributed by atoms with van der Waals surface area (Å²) in [7, 11) is 0. The van der Waals surface area contributed by atoms with Gasteiger partial charge in [0.2, 0.25) is 6.54 Å². The summed E-state index contributed by atoms with van der Waals surface area (Å²) in [6, 6.07) is 10.1. The van der Waals surface area contributed by atoms with Crippen LogP contribution in [0.2, 0.25) is 0 Å². The molecule has 1 fully saturated rings. The molecule has 1 aliphatic carbocycles. The van der Waals surface area contributed by atoms with Crippen LogP contribution in [-0.4, -0.2) is 23.8 Å². The van der Waals surface area contributed by atoms with Crippen LogP contribution < -0.4 is 25.9 Å². The van der Waals surface area contributed by atoms with Crippen molar-refractivity contribution >= 4 is 23.4 Å². The van der Waals surface area contributed by atoms with Crippen LogP contribution in [0, 0.1) is 5.92 Å². The van der Waals surface area contributed by atoms with Crippen molar-refractivity contribution in [2.24, 2.45) is 11.0 Å². The highest BCUT2D eigenvalue weighted by Crippen LogP contribution is 2.36. The average molecular weight is 395 g/mol. The maximum atomic E-state index is 6.74. The number of aromatic nitrogens is 1. The minimum Gasteiger partial charge on any atom is -0.490 e. The molecule has 6 heteroatoms. The zero-order valence-electron chi connectivity index (χ0n) is 15.6. The number of hydrazone groups is 1. The minimum absolute atomic E-state index is 0.269. The van der Waals surface area contributed by atoms with E-state index in [0.29, 0.717) is 19.0 Å². The second-order valence-electron chi connectivity index (χ2n) is 7.54. The highest BCUT2D eigenvalue weighted by atomic mass is 35.5. The molecule has 1 saturated carbocycles. The number of fused-ring (bicyclic) bond motifs is 3. The fraction of sp³-hybridized carbons (Fsp3) is 0.364. The molecule has 2 aliphatic heterocycles. The Balaban J connectivity index is 1.43. The molecule has 28 heavy (non-hydrogen) atoms. The molecule has 0 unspecified atom stereocenters. The molecular weight excluding hydrogens is 372 g/mol. The Morgan fingerprint density at radius 2 is 1.93 bits per heavy atom. The van der Waals surface area contributed by atoms with Crippen molar-refractivity contribution in [3.05, 3.63) is 63.4 Å². The predicted octanol–water partition coefficient (Wildman–Crippen LogP) is 2.33. The second kappa shape index (κ2) is 7.47. The molecule has 0 spiro atoms. The summed E-state index contributed by atoms with van der Waals surface area (Å²) in [5.41, 5.74) is 6.48. The highest BCUT2D eigenvalue weighted by molar-refractivity contribution is 6.35. The van der Waals surface area contributed by atoms with E-state index >= 15 is 0 Å². The predicted molar refractivity (Wildman–Crippen MR) is 111 cm³/mol. The Kier molecular flexibility index (Phi) is 4.69. The summed E-state index contributed by atoms with van der Waals surface area (Å²) in [4.78, 5) is 8.33. The third-order valence-corrected chi connectivity index (χ3v) is 6.18. The zero-order valence-corrected chi connectivity index (χ0v) is 16.4. The van der Waals surface area contributed by atoms with Crippen LogP contribution in [0.5, 0.6) is 5.75 Å². The average Bonchev–Trinajstić information content (AvgIpc) is 3.00. The number of aromatic amines is 1. The monoisotopic (exact) mass is 394 g/mol. The van der Waals surface area contributed by atoms with Crippen molar-refractivity contribution in [3.63, 3.8) is 0 Å². The van der Waals surface area contributed by atoms with Crippen LogP contribution in [0.25, 0.3) is 5.57 Å². The third kappa shape index (κ3) is 3.24. The molecule has 0 bridgehead atoms. The quantitative estimate of drug-likeness (QED) is 0.839. The second-order valence-corrected chi connectivity index (χ2v) is 7.95. The summed E-state index contributed by atoms with van der Waals surface area (Å²) < 4.78 is 6.17. The van der Waals surface area contributed by atoms with Crippen molar-refractivity contribution in [1.29, 1.82) is 0 Å². The van der Waals surface area contributed by atoms with Crippen LogP contribution in [0.4, 0.5) is 0 Å². The summed E-state index contributed by atoms with van der Waals surface area (Å²) in [6.45, 7) is 1.31. The van der Waals surface area contributed by atoms with E-state index in [1.165, 1.54) is 11.1 Å². The number of nitrogens with one attached hydrogen (secondary N) is 2. The molecule has 143 valence electrons. The number of rotatable bonds is 3. The van der Waals surface area contributed by atoms with Crippen LogP contribution in [0.3, 0.4) is 0 Å². The molecule has 0 saturated heterocycles. The van der Waals surface area contributed by atoms with E-state index in [2.05, 4.69) is 15.5 Å². The summed E-state index contributed by atoms with van der Waals surface area (Å²) in [5.74, 6) is 1.37. The summed E-state index contributed by atoms with van der Waals surface area (Å²) in [5, 5.41) is 7.12. The maximum absolute atomic E-state index is 6.74. The van der Waals surface area contributed by atoms with Crippen LogP contribution in [0.1, 0.15) is 36.9 Å². The van der Waals surface area contributed by atoms with Gasteiger partial charge in [0.15, 0.2) is 0 Å². The van der Waals surface area contributed by atoms with Crippen molar-refractivity contribution in [3.8, 4) is 5.75 Å². The lowest BCUT2D eigenvalue weighted by molar-refractivity contribution is 0.143. The fourth-order valence-electron chi connectivity index (χ4n) is 4.45. The Morgan fingerprint density at radius 3 is 2.75 bits per heavy atom. The normalized spacial score (nSPS) is 23.6. The number of hydrogen-bond acceptors (Lipinski definition) is 4. The maximum Gasteiger partial charge on any atom is 0.300 e. The number of allylic oxidation sites excluding steroid dienone is 1. The number of benzene rings is 1. The first kappa shape index (κ1) is 17.6. The van der Waals surface area contributed by atoms with E-state index < -0.39 is 0 Å². The van der Waals surface area contributed by atoms with Crippen LogP contribution in [0.15, 0.2) is 46.5 Å². The van der Waals surface area contributed by atoms with E-state index in [1.807, 2.05) is 42.6 Å². The number of H-pyrrole nitrogens is 1. The number of nitrogens with zero attached hydrogens (tertiary/aromatic N) is 2. The summed E-state index contributed by atoms with van der Waals surface area (Å²) in [6.07, 6.45) is 8.33. The topological polar surface area (TPSA) is 63.5 Å². The van der Waals surface area contributed by atoms with Gasteiger partial charge in [-0.2, -0.15) is 5.10 Å². The van der Waals surface area contributed by atoms with Gasteiger partial charge in [-0.05, 0) is 43.7 Å². The minimum atomic E-state index is 0.269. The lowest BCUT2D eigenvalue weighted by Crippen LogP contribution is -2.36. The zero-order chi connectivity index (χ0) is 18.9. The number of halogens is 1. The number of ether oxygens (including phenoxy) is 1. The molecule has 0 amide bonds. The van der Waals surface area contributed by atoms with Crippen molar-refractivity contribution in [1.82, 2.24) is 15.4 Å². The van der Waals surface area contributed by atoms with Gasteiger partial charge >= 0.3 is 5.36 Å². The van der Waals surface area contributed by atoms with Crippen molar-refractivity contribution in [2.45, 2.75) is 38.3 Å². The molecule has 5 nitrogen and oxygen atoms in total. The van der Waals surface area contributed by atoms with Gasteiger partial charge in [0.25, 0.3) is 0 Å². The molecule has 3 aliphatic rings. The van der Waals surface area contributed by atoms with Gasteiger partial charge < -0.3 is 15.1 Å². The van der Waals surface area contributed by atoms with Gasteiger partial charge in [-0.3, -0.25) is 0 Å². The molecule has 3 heterocycles. The standard InChI is InChI=1S/C22H23ClN4O/c23-18-10-11-24-21-17-12-25-26-13-19(17)27-22(21)20(18)14-6-8-16(9-7-14)28-15-4-2-1-3-5-15/h1-5,10,13-14,16,25,27H,6-9,11-12H2/q+1/t14-,16-. The van der Waals surface area contributed by atoms with E-state index in [-0.39, 0.29) is 6.10 Å². The van der Waals surface area contributed by atoms with Crippen LogP contribution >= 0.6 is 11.6 Å². The van der Waals surface area contributed by atoms with E-state index in [0.717, 1.165) is 52.9 Å². The molecule has 0 atom stereocenters. The summed E-state index contributed by atoms with van der Waals surface area (Å²) >= 11 is 6.74. The molecule has 1 aromatic heterocycles. The van der Waals surface area contributed by atoms with Crippen LogP contribution in [-0.2, 0) is 6.54 Å². The molecule has 5 rings (SSSR count). The van der Waals surface area contributed by atoms with E-state index in [1.54, 1.807) is 0 Å². The van der Waals surface area contributed by atoms with Gasteiger partial charge in [0, 0.05) is 21.7 Å². The van der Waals surface area contributed by atoms with Gasteiger partial charge in [0.1, 0.15) is 11.1 Å². The highest BCUT2D eigenvalue weighted by Gasteiger charge is 2.30. The van der Waals surface area contributed by atoms with Gasteiger partial charge in [-0.15, -0.1) is 0 Å². The Bertz CT molecular complexity index is 1050. The van der Waals surface area contributed by atoms with E-state index in [4.69, 9.17) is 21.3 Å². The SMILES string of the molecule is ClC1=CC[N+]=c2c3c([nH]c2=C1[C@H]1CC[C@H](Oc2ccccc2)CC1)C=NNC3. The molecule has 1 aromatic carbocycles. The molecular formula is C22H23ClN4O+. The molecule has 2 N–H and O–H groups in total. The van der Waals surface area contributed by atoms with Gasteiger partial charge in [-0.1, -0.05) is 29.8 Å². The lowest BCUT2D eigenvalue weighted by atomic mass is 9.82. The Morgan fingerprint density at radius 1 is 1.11 bits per heavy atom. The Hall–Kier alpha value is -2.53. The lowest BCUT2D eigenvalue weighted by Gasteiger charge is -2.30. The van der Waals surface area contributed by atoms with Gasteiger partial charge in [-0.25, -0.2) is 0 Å². The van der Waals surface area contributed by atoms with Crippen molar-refractivity contribution < 1.29 is 4.74 Å². The fourth-order valence-corrected chi connectivity index (χ4v) is 4.77. The molecule has 2 aromatic rings. The first-order valence-corrected chi connectivity index (χ1v) is 10.3. The largest absolute Gasteiger partial charge is 0.490 e. The Labute approximate surface area is 168 Å². The first-order valence-electron chi connectivity index (χ1n) is 9.93. The third-order valence-electron chi connectivity index (χ3n) is 5.82. The van der Waals surface area contributed by atoms with Crippen molar-refractivity contribution in [2.75, 3.05) is 6.54 Å². The van der Waals surface area contributed by atoms with Gasteiger partial charge in [0.05, 0.1) is 30.1 Å². The molecule has 1 radical (unpaired) electrons. The number of hydrogen-bond donors (Lipinski definition) is 2. The number of para-hydroxylation sites is 1. The van der Waals surface area contributed by atoms with E-state index in [9.17, 15) is 0 Å². The smallest absolute Gasteiger partial charge is 0.300 e.